The molecule has 2 aromatic carbocycles. The van der Waals surface area contributed by atoms with Crippen LogP contribution in [0.5, 0.6) is 0 Å². The van der Waals surface area contributed by atoms with Crippen LogP contribution in [-0.4, -0.2) is 31.1 Å². The van der Waals surface area contributed by atoms with Gasteiger partial charge in [-0.25, -0.2) is 0 Å². The van der Waals surface area contributed by atoms with Crippen molar-refractivity contribution >= 4 is 11.4 Å². The number of hydrogen-bond donors (Lipinski definition) is 3. The van der Waals surface area contributed by atoms with Gasteiger partial charge in [0.2, 0.25) is 0 Å². The van der Waals surface area contributed by atoms with Gasteiger partial charge in [-0.1, -0.05) is 48.6 Å². The number of anilines is 2. The Morgan fingerprint density at radius 1 is 0.757 bits per heavy atom. The number of para-hydroxylation sites is 2. The minimum atomic E-state index is 0.877. The average Bonchev–Trinajstić information content (AvgIpc) is 3.35. The molecule has 0 fully saturated rings. The van der Waals surface area contributed by atoms with E-state index in [1.807, 2.05) is 12.1 Å². The van der Waals surface area contributed by atoms with E-state index >= 15 is 0 Å². The van der Waals surface area contributed by atoms with E-state index in [4.69, 9.17) is 5.73 Å². The van der Waals surface area contributed by atoms with E-state index in [9.17, 15) is 0 Å². The van der Waals surface area contributed by atoms with Crippen molar-refractivity contribution in [2.45, 2.75) is 57.8 Å². The number of rotatable bonds is 12. The third-order valence-electron chi connectivity index (χ3n) is 7.96. The summed E-state index contributed by atoms with van der Waals surface area (Å²) in [5, 5.41) is 7.42. The molecule has 2 aromatic rings. The lowest BCUT2D eigenvalue weighted by molar-refractivity contribution is 0.387. The molecule has 0 radical (unpaired) electrons. The summed E-state index contributed by atoms with van der Waals surface area (Å²) in [6, 6.07) is 16.9. The lowest BCUT2D eigenvalue weighted by Crippen LogP contribution is -2.23. The summed E-state index contributed by atoms with van der Waals surface area (Å²) >= 11 is 0. The fourth-order valence-electron chi connectivity index (χ4n) is 5.83. The zero-order valence-electron chi connectivity index (χ0n) is 22.1. The maximum atomic E-state index is 6.11. The zero-order chi connectivity index (χ0) is 25.3. The monoisotopic (exact) mass is 494 g/mol. The molecule has 2 aliphatic carbocycles. The van der Waals surface area contributed by atoms with Crippen LogP contribution in [-0.2, 0) is 12.8 Å². The third-order valence-corrected chi connectivity index (χ3v) is 7.96. The Morgan fingerprint density at radius 2 is 1.57 bits per heavy atom. The summed E-state index contributed by atoms with van der Waals surface area (Å²) in [4.78, 5) is 2.62. The highest BCUT2D eigenvalue weighted by Gasteiger charge is 2.22. The van der Waals surface area contributed by atoms with Gasteiger partial charge in [-0.15, -0.1) is 0 Å². The van der Waals surface area contributed by atoms with Crippen molar-refractivity contribution in [1.29, 1.82) is 0 Å². The molecule has 0 saturated heterocycles. The molecular formula is C33H42N4. The lowest BCUT2D eigenvalue weighted by Gasteiger charge is -2.24. The first kappa shape index (κ1) is 25.3. The topological polar surface area (TPSA) is 53.3 Å². The van der Waals surface area contributed by atoms with Crippen LogP contribution >= 0.6 is 0 Å². The van der Waals surface area contributed by atoms with E-state index in [0.717, 1.165) is 51.0 Å². The van der Waals surface area contributed by atoms with Crippen LogP contribution in [0.4, 0.5) is 11.4 Å². The SMILES string of the molecule is Nc1ccccc1CCNc1ccccc1CCCNC1=C(CCN2CCC3=C2C=CCC3)CCC=C1. The predicted octanol–water partition coefficient (Wildman–Crippen LogP) is 6.75. The van der Waals surface area contributed by atoms with Crippen molar-refractivity contribution in [1.82, 2.24) is 10.2 Å². The molecular weight excluding hydrogens is 452 g/mol. The van der Waals surface area contributed by atoms with Gasteiger partial charge in [0, 0.05) is 48.9 Å². The number of aryl methyl sites for hydroxylation is 1. The van der Waals surface area contributed by atoms with Gasteiger partial charge in [0.05, 0.1) is 0 Å². The van der Waals surface area contributed by atoms with Crippen LogP contribution in [0.2, 0.25) is 0 Å². The van der Waals surface area contributed by atoms with Gasteiger partial charge in [0.25, 0.3) is 0 Å². The molecule has 3 aliphatic rings. The molecule has 1 aliphatic heterocycles. The molecule has 1 heterocycles. The molecule has 5 rings (SSSR count). The standard InChI is InChI=1S/C33H42N4/c34-30-15-5-1-10-26(30)19-23-36-31-16-6-2-11-27(31)14-9-22-35-32-17-7-3-12-28(32)20-24-37-25-21-29-13-4-8-18-33(29)37/h1-2,5-8,10-11,15-18,35-36H,3-4,9,12-14,19-25,34H2. The number of nitrogen functional groups attached to an aromatic ring is 1. The van der Waals surface area contributed by atoms with Crippen LogP contribution in [0.1, 0.15) is 56.1 Å². The second-order valence-corrected chi connectivity index (χ2v) is 10.4. The fourth-order valence-corrected chi connectivity index (χ4v) is 5.83. The predicted molar refractivity (Wildman–Crippen MR) is 157 cm³/mol. The average molecular weight is 495 g/mol. The molecule has 0 spiro atoms. The summed E-state index contributed by atoms with van der Waals surface area (Å²) < 4.78 is 0. The van der Waals surface area contributed by atoms with Gasteiger partial charge in [-0.05, 0) is 104 Å². The van der Waals surface area contributed by atoms with Gasteiger partial charge in [-0.2, -0.15) is 0 Å². The van der Waals surface area contributed by atoms with E-state index in [1.165, 1.54) is 66.9 Å². The van der Waals surface area contributed by atoms with Crippen molar-refractivity contribution in [2.24, 2.45) is 0 Å². The summed E-state index contributed by atoms with van der Waals surface area (Å²) in [6.45, 7) is 4.23. The Balaban J connectivity index is 1.09. The largest absolute Gasteiger partial charge is 0.399 e. The molecule has 4 N–H and O–H groups in total. The highest BCUT2D eigenvalue weighted by Crippen LogP contribution is 2.32. The molecule has 0 atom stereocenters. The van der Waals surface area contributed by atoms with E-state index in [-0.39, 0.29) is 0 Å². The zero-order valence-corrected chi connectivity index (χ0v) is 22.1. The van der Waals surface area contributed by atoms with Gasteiger partial charge in [0.15, 0.2) is 0 Å². The van der Waals surface area contributed by atoms with E-state index < -0.39 is 0 Å². The molecule has 4 heteroatoms. The van der Waals surface area contributed by atoms with Crippen LogP contribution in [0, 0.1) is 0 Å². The number of hydrogen-bond acceptors (Lipinski definition) is 4. The maximum Gasteiger partial charge on any atom is 0.0372 e. The smallest absolute Gasteiger partial charge is 0.0372 e. The molecule has 0 amide bonds. The first-order chi connectivity index (χ1) is 18.3. The van der Waals surface area contributed by atoms with Crippen LogP contribution < -0.4 is 16.4 Å². The number of allylic oxidation sites excluding steroid dienone is 4. The number of nitrogens with zero attached hydrogens (tertiary/aromatic N) is 1. The highest BCUT2D eigenvalue weighted by atomic mass is 15.1. The molecule has 0 aromatic heterocycles. The minimum absolute atomic E-state index is 0.877. The quantitative estimate of drug-likeness (QED) is 0.226. The minimum Gasteiger partial charge on any atom is -0.399 e. The van der Waals surface area contributed by atoms with E-state index in [0.29, 0.717) is 0 Å². The Labute approximate surface area is 223 Å². The van der Waals surface area contributed by atoms with E-state index in [2.05, 4.69) is 76.2 Å². The van der Waals surface area contributed by atoms with E-state index in [1.54, 1.807) is 11.1 Å². The normalized spacial score (nSPS) is 16.9. The molecule has 4 nitrogen and oxygen atoms in total. The summed E-state index contributed by atoms with van der Waals surface area (Å²) in [7, 11) is 0. The first-order valence-electron chi connectivity index (χ1n) is 14.2. The molecule has 194 valence electrons. The summed E-state index contributed by atoms with van der Waals surface area (Å²) in [5.41, 5.74) is 17.0. The Morgan fingerprint density at radius 3 is 2.49 bits per heavy atom. The van der Waals surface area contributed by atoms with Crippen molar-refractivity contribution < 1.29 is 0 Å². The van der Waals surface area contributed by atoms with Crippen LogP contribution in [0.15, 0.2) is 95.4 Å². The third kappa shape index (κ3) is 6.68. The number of nitrogens with two attached hydrogens (primary N) is 1. The highest BCUT2D eigenvalue weighted by molar-refractivity contribution is 5.52. The van der Waals surface area contributed by atoms with Gasteiger partial charge in [0.1, 0.15) is 0 Å². The lowest BCUT2D eigenvalue weighted by atomic mass is 9.98. The van der Waals surface area contributed by atoms with Crippen LogP contribution in [0.25, 0.3) is 0 Å². The van der Waals surface area contributed by atoms with Crippen molar-refractivity contribution in [3.63, 3.8) is 0 Å². The number of benzene rings is 2. The number of nitrogens with one attached hydrogen (secondary N) is 2. The molecule has 0 saturated carbocycles. The Hall–Kier alpha value is -3.40. The Kier molecular flexibility index (Phi) is 8.68. The second-order valence-electron chi connectivity index (χ2n) is 10.4. The fraction of sp³-hybridized carbons (Fsp3) is 0.394. The molecule has 0 unspecified atom stereocenters. The van der Waals surface area contributed by atoms with Crippen molar-refractivity contribution in [2.75, 3.05) is 37.2 Å². The van der Waals surface area contributed by atoms with Gasteiger partial charge in [-0.3, -0.25) is 0 Å². The summed E-state index contributed by atoms with van der Waals surface area (Å²) in [6.07, 6.45) is 19.7. The van der Waals surface area contributed by atoms with Crippen LogP contribution in [0.3, 0.4) is 0 Å². The second kappa shape index (κ2) is 12.7. The first-order valence-corrected chi connectivity index (χ1v) is 14.2. The van der Waals surface area contributed by atoms with Gasteiger partial charge >= 0.3 is 0 Å². The molecule has 37 heavy (non-hydrogen) atoms. The molecule has 0 bridgehead atoms. The summed E-state index contributed by atoms with van der Waals surface area (Å²) in [5.74, 6) is 0. The van der Waals surface area contributed by atoms with Gasteiger partial charge < -0.3 is 21.3 Å². The maximum absolute atomic E-state index is 6.11. The van der Waals surface area contributed by atoms with Crippen molar-refractivity contribution in [3.05, 3.63) is 107 Å². The van der Waals surface area contributed by atoms with Crippen molar-refractivity contribution in [3.8, 4) is 0 Å². The Bertz CT molecular complexity index is 1190.